The summed E-state index contributed by atoms with van der Waals surface area (Å²) in [6, 6.07) is 60.8. The van der Waals surface area contributed by atoms with Crippen molar-refractivity contribution in [2.75, 3.05) is 4.90 Å². The number of rotatable bonds is 5. The Kier molecular flexibility index (Phi) is 6.24. The molecule has 8 aromatic carbocycles. The first-order valence-electron chi connectivity index (χ1n) is 18.4. The van der Waals surface area contributed by atoms with Crippen LogP contribution in [-0.4, -0.2) is 9.55 Å². The minimum Gasteiger partial charge on any atom is -0.456 e. The van der Waals surface area contributed by atoms with Gasteiger partial charge in [-0.1, -0.05) is 97.1 Å². The molecule has 0 saturated heterocycles. The van der Waals surface area contributed by atoms with Crippen molar-refractivity contribution < 1.29 is 13.3 Å². The third-order valence-electron chi connectivity index (χ3n) is 10.8. The van der Waals surface area contributed by atoms with Crippen LogP contribution in [0.4, 0.5) is 17.1 Å². The number of aromatic nitrogens is 2. The first-order valence-corrected chi connectivity index (χ1v) is 18.4. The molecule has 6 nitrogen and oxygen atoms in total. The van der Waals surface area contributed by atoms with Gasteiger partial charge >= 0.3 is 0 Å². The molecule has 6 heteroatoms. The van der Waals surface area contributed by atoms with Crippen LogP contribution in [0.15, 0.2) is 189 Å². The number of oxazole rings is 1. The number of hydrogen-bond acceptors (Lipinski definition) is 5. The molecule has 0 unspecified atom stereocenters. The van der Waals surface area contributed by atoms with Crippen LogP contribution in [0, 0.1) is 0 Å². The van der Waals surface area contributed by atoms with Crippen molar-refractivity contribution >= 4 is 93.8 Å². The fourth-order valence-electron chi connectivity index (χ4n) is 8.42. The molecule has 0 radical (unpaired) electrons. The molecule has 0 spiro atoms. The molecule has 0 atom stereocenters. The van der Waals surface area contributed by atoms with Gasteiger partial charge in [-0.2, -0.15) is 0 Å². The zero-order chi connectivity index (χ0) is 36.0. The molecule has 12 rings (SSSR count). The van der Waals surface area contributed by atoms with E-state index in [0.29, 0.717) is 11.5 Å². The lowest BCUT2D eigenvalue weighted by molar-refractivity contribution is 0.622. The normalized spacial score (nSPS) is 12.0. The fraction of sp³-hybridized carbons (Fsp3) is 0. The average Bonchev–Trinajstić information content (AvgIpc) is 4.02. The molecule has 0 N–H and O–H groups in total. The van der Waals surface area contributed by atoms with E-state index in [4.69, 9.17) is 18.2 Å². The first-order chi connectivity index (χ1) is 27.3. The number of fused-ring (bicyclic) bond motifs is 11. The summed E-state index contributed by atoms with van der Waals surface area (Å²) in [5.41, 5.74) is 11.8. The summed E-state index contributed by atoms with van der Waals surface area (Å²) in [5, 5.41) is 6.30. The summed E-state index contributed by atoms with van der Waals surface area (Å²) in [6.45, 7) is 0. The molecule has 0 bridgehead atoms. The summed E-state index contributed by atoms with van der Waals surface area (Å²) in [7, 11) is 0. The van der Waals surface area contributed by atoms with Crippen LogP contribution in [-0.2, 0) is 0 Å². The van der Waals surface area contributed by atoms with Gasteiger partial charge < -0.3 is 22.7 Å². The highest BCUT2D eigenvalue weighted by Gasteiger charge is 2.26. The first kappa shape index (κ1) is 29.9. The smallest absolute Gasteiger partial charge is 0.227 e. The van der Waals surface area contributed by atoms with Gasteiger partial charge in [-0.15, -0.1) is 0 Å². The lowest BCUT2D eigenvalue weighted by Gasteiger charge is -2.27. The monoisotopic (exact) mass is 707 g/mol. The van der Waals surface area contributed by atoms with Crippen LogP contribution >= 0.6 is 0 Å². The quantitative estimate of drug-likeness (QED) is 0.178. The molecule has 258 valence electrons. The fourth-order valence-corrected chi connectivity index (χ4v) is 8.42. The topological polar surface area (TPSA) is 60.5 Å². The molecule has 4 aromatic heterocycles. The van der Waals surface area contributed by atoms with E-state index in [1.807, 2.05) is 54.6 Å². The zero-order valence-corrected chi connectivity index (χ0v) is 29.3. The summed E-state index contributed by atoms with van der Waals surface area (Å²) in [4.78, 5) is 7.22. The van der Waals surface area contributed by atoms with Gasteiger partial charge in [0.15, 0.2) is 11.2 Å². The molecule has 0 aliphatic rings. The third kappa shape index (κ3) is 4.39. The molecule has 0 fully saturated rings. The van der Waals surface area contributed by atoms with Gasteiger partial charge in [0, 0.05) is 43.9 Å². The molecular formula is C49H29N3O3. The standard InChI is InChI=1S/C49H29N3O3/c1-3-13-30(14-4-1)49-50-38-26-28-44-45(48(38)55-49)36-20-12-23-41(47(36)54-44)51(32-25-27-43-37(29-32)34-18-8-10-24-42(34)53-43)40-22-11-19-35-33-17-7-9-21-39(33)52(46(35)40)31-15-5-2-6-16-31/h1-29H. The number of furan rings is 2. The Morgan fingerprint density at radius 1 is 0.455 bits per heavy atom. The third-order valence-corrected chi connectivity index (χ3v) is 10.8. The summed E-state index contributed by atoms with van der Waals surface area (Å²) >= 11 is 0. The molecular weight excluding hydrogens is 679 g/mol. The highest BCUT2D eigenvalue weighted by molar-refractivity contribution is 6.20. The van der Waals surface area contributed by atoms with E-state index < -0.39 is 0 Å². The molecule has 0 amide bonds. The molecule has 0 aliphatic carbocycles. The Morgan fingerprint density at radius 3 is 2.02 bits per heavy atom. The van der Waals surface area contributed by atoms with E-state index in [0.717, 1.165) is 94.1 Å². The summed E-state index contributed by atoms with van der Waals surface area (Å²) in [6.07, 6.45) is 0. The minimum absolute atomic E-state index is 0.580. The van der Waals surface area contributed by atoms with Crippen molar-refractivity contribution in [3.63, 3.8) is 0 Å². The lowest BCUT2D eigenvalue weighted by Crippen LogP contribution is -2.12. The number of anilines is 3. The van der Waals surface area contributed by atoms with Crippen molar-refractivity contribution in [1.82, 2.24) is 9.55 Å². The van der Waals surface area contributed by atoms with Crippen LogP contribution in [0.2, 0.25) is 0 Å². The van der Waals surface area contributed by atoms with E-state index in [9.17, 15) is 0 Å². The zero-order valence-electron chi connectivity index (χ0n) is 29.3. The van der Waals surface area contributed by atoms with E-state index in [1.165, 1.54) is 5.39 Å². The second-order valence-corrected chi connectivity index (χ2v) is 13.9. The average molecular weight is 708 g/mol. The molecule has 0 saturated carbocycles. The van der Waals surface area contributed by atoms with Gasteiger partial charge in [0.1, 0.15) is 22.3 Å². The largest absolute Gasteiger partial charge is 0.456 e. The van der Waals surface area contributed by atoms with Crippen LogP contribution in [0.25, 0.3) is 93.9 Å². The Morgan fingerprint density at radius 2 is 1.15 bits per heavy atom. The maximum Gasteiger partial charge on any atom is 0.227 e. The number of nitrogens with zero attached hydrogens (tertiary/aromatic N) is 3. The minimum atomic E-state index is 0.580. The van der Waals surface area contributed by atoms with E-state index in [-0.39, 0.29) is 0 Å². The molecule has 12 aromatic rings. The van der Waals surface area contributed by atoms with Crippen LogP contribution in [0.5, 0.6) is 0 Å². The Hall–Kier alpha value is -7.57. The highest BCUT2D eigenvalue weighted by atomic mass is 16.4. The second-order valence-electron chi connectivity index (χ2n) is 13.9. The van der Waals surface area contributed by atoms with Crippen molar-refractivity contribution in [3.8, 4) is 17.1 Å². The van der Waals surface area contributed by atoms with Gasteiger partial charge in [-0.3, -0.25) is 0 Å². The number of benzene rings is 8. The Labute approximate surface area is 313 Å². The number of hydrogen-bond donors (Lipinski definition) is 0. The van der Waals surface area contributed by atoms with Crippen molar-refractivity contribution in [2.24, 2.45) is 0 Å². The van der Waals surface area contributed by atoms with Gasteiger partial charge in [0.05, 0.1) is 27.8 Å². The summed E-state index contributed by atoms with van der Waals surface area (Å²) in [5.74, 6) is 0.580. The lowest BCUT2D eigenvalue weighted by atomic mass is 10.1. The maximum absolute atomic E-state index is 6.90. The highest BCUT2D eigenvalue weighted by Crippen LogP contribution is 2.48. The van der Waals surface area contributed by atoms with Gasteiger partial charge in [-0.05, 0) is 78.9 Å². The van der Waals surface area contributed by atoms with E-state index >= 15 is 0 Å². The van der Waals surface area contributed by atoms with Gasteiger partial charge in [-0.25, -0.2) is 4.98 Å². The Bertz CT molecular complexity index is 3440. The van der Waals surface area contributed by atoms with E-state index in [2.05, 4.69) is 131 Å². The van der Waals surface area contributed by atoms with Crippen LogP contribution in [0.1, 0.15) is 0 Å². The molecule has 0 aliphatic heterocycles. The SMILES string of the molecule is c1ccc(-c2nc3ccc4oc5c(N(c6ccc7oc8ccccc8c7c6)c6cccc7c8ccccc8n(-c8ccccc8)c67)cccc5c4c3o2)cc1. The Balaban J connectivity index is 1.18. The predicted molar refractivity (Wildman–Crippen MR) is 223 cm³/mol. The van der Waals surface area contributed by atoms with E-state index in [1.54, 1.807) is 0 Å². The molecule has 55 heavy (non-hydrogen) atoms. The van der Waals surface area contributed by atoms with Crippen molar-refractivity contribution in [1.29, 1.82) is 0 Å². The van der Waals surface area contributed by atoms with Crippen LogP contribution < -0.4 is 4.90 Å². The summed E-state index contributed by atoms with van der Waals surface area (Å²) < 4.78 is 22.1. The molecule has 4 heterocycles. The second kappa shape index (κ2) is 11.5. The predicted octanol–water partition coefficient (Wildman–Crippen LogP) is 13.9. The maximum atomic E-state index is 6.90. The van der Waals surface area contributed by atoms with Crippen LogP contribution in [0.3, 0.4) is 0 Å². The van der Waals surface area contributed by atoms with Gasteiger partial charge in [0.25, 0.3) is 0 Å². The van der Waals surface area contributed by atoms with Crippen molar-refractivity contribution in [3.05, 3.63) is 176 Å². The van der Waals surface area contributed by atoms with Crippen molar-refractivity contribution in [2.45, 2.75) is 0 Å². The van der Waals surface area contributed by atoms with Gasteiger partial charge in [0.2, 0.25) is 5.89 Å². The number of para-hydroxylation sites is 5.